The van der Waals surface area contributed by atoms with E-state index < -0.39 is 64.1 Å². The molecule has 106 heavy (non-hydrogen) atoms. The standard InChI is InChI=1S/C27H26Cl2F3N3O4.C18H11Cl2F3N2O3.C9H17NO2.C9H21O6P3.C8H19N/c1-4-39-21(36)12-15-7-9-35(10-8-15)26(38)16-5-6-18(28)22(23(16)29)24(37)19-13-17-14(2)11-20(27(30,31)32)33-25(17)34(19)3;1-7-5-12(18(21,22)23)24-16-9(7)6-11(25(16)2)15(26)13-10(19)4-3-8(14(13)20)17(27)28;1-2-12-9(11)7-8-3-5-10-6-4-8;1-4-7-16(10)13-17(11,8-5-2)15-18(12,14-16)9-6-3;1-6-9(7(2)3)8(4)5/h5-6,11,13,15H,4,7-10,12H2,1-3H3;3-6H,1-2H3,(H,27,28);8,10H,2-7H2,1H3;4-9H2,1-3H3;7-8H,6H2,1-5H3. The molecule has 1 amide bonds. The summed E-state index contributed by atoms with van der Waals surface area (Å²) in [5.74, 6) is -2.76. The Morgan fingerprint density at radius 2 is 0.953 bits per heavy atom. The van der Waals surface area contributed by atoms with Crippen molar-refractivity contribution in [2.75, 3.05) is 64.4 Å². The molecule has 2 aromatic carbocycles. The van der Waals surface area contributed by atoms with Crippen LogP contribution in [0, 0.1) is 25.7 Å². The minimum absolute atomic E-state index is 0.000567. The molecule has 0 bridgehead atoms. The van der Waals surface area contributed by atoms with Crippen molar-refractivity contribution in [3.63, 3.8) is 0 Å². The summed E-state index contributed by atoms with van der Waals surface area (Å²) in [7, 11) is -7.89. The number of benzene rings is 2. The Kier molecular flexibility index (Phi) is 34.1. The lowest BCUT2D eigenvalue weighted by Gasteiger charge is -2.33. The minimum Gasteiger partial charge on any atom is -0.478 e. The van der Waals surface area contributed by atoms with Crippen LogP contribution in [0.1, 0.15) is 202 Å². The molecule has 3 fully saturated rings. The van der Waals surface area contributed by atoms with Crippen LogP contribution in [0.3, 0.4) is 0 Å². The number of ether oxygens (including phenoxy) is 2. The van der Waals surface area contributed by atoms with Gasteiger partial charge in [0, 0.05) is 62.9 Å². The van der Waals surface area contributed by atoms with Gasteiger partial charge < -0.3 is 33.9 Å². The number of carboxylic acid groups (broad SMARTS) is 1. The van der Waals surface area contributed by atoms with Gasteiger partial charge in [-0.1, -0.05) is 74.1 Å². The zero-order valence-corrected chi connectivity index (χ0v) is 67.5. The van der Waals surface area contributed by atoms with Crippen LogP contribution in [-0.4, -0.2) is 146 Å². The van der Waals surface area contributed by atoms with Gasteiger partial charge in [-0.05, 0) is 191 Å². The number of pyridine rings is 2. The van der Waals surface area contributed by atoms with Crippen molar-refractivity contribution in [2.45, 2.75) is 165 Å². The number of fused-ring (bicyclic) bond motifs is 2. The quantitative estimate of drug-likeness (QED) is 0.0293. The summed E-state index contributed by atoms with van der Waals surface area (Å²) in [6.45, 7) is 28.0. The molecule has 6 aromatic rings. The number of ketones is 2. The summed E-state index contributed by atoms with van der Waals surface area (Å²) < 4.78 is 144. The zero-order valence-electron chi connectivity index (χ0n) is 61.8. The van der Waals surface area contributed by atoms with E-state index in [0.717, 1.165) is 50.7 Å². The van der Waals surface area contributed by atoms with Crippen LogP contribution in [0.2, 0.25) is 20.1 Å². The summed E-state index contributed by atoms with van der Waals surface area (Å²) in [4.78, 5) is 85.5. The van der Waals surface area contributed by atoms with E-state index in [2.05, 4.69) is 54.8 Å². The summed E-state index contributed by atoms with van der Waals surface area (Å²) in [6, 6.07) is 11.2. The molecule has 3 aliphatic rings. The predicted octanol–water partition coefficient (Wildman–Crippen LogP) is 19.3. The van der Waals surface area contributed by atoms with Gasteiger partial charge in [-0.15, -0.1) is 0 Å². The van der Waals surface area contributed by atoms with Crippen molar-refractivity contribution in [3.8, 4) is 0 Å². The van der Waals surface area contributed by atoms with E-state index in [1.54, 1.807) is 32.6 Å². The average Bonchev–Trinajstić information content (AvgIpc) is 1.66. The fraction of sp³-hybridized carbons (Fsp3) is 0.549. The second-order valence-corrected chi connectivity index (χ2v) is 34.6. The first-order chi connectivity index (χ1) is 49.5. The number of aromatic nitrogens is 4. The van der Waals surface area contributed by atoms with E-state index >= 15 is 0 Å². The summed E-state index contributed by atoms with van der Waals surface area (Å²) in [5.41, 5.74) is -2.24. The number of aryl methyl sites for hydroxylation is 4. The van der Waals surface area contributed by atoms with Gasteiger partial charge >= 0.3 is 53.0 Å². The number of carboxylic acids is 1. The van der Waals surface area contributed by atoms with Gasteiger partial charge in [0.15, 0.2) is 0 Å². The van der Waals surface area contributed by atoms with E-state index in [-0.39, 0.29) is 113 Å². The van der Waals surface area contributed by atoms with Gasteiger partial charge in [0.1, 0.15) is 22.7 Å². The molecule has 588 valence electrons. The molecule has 3 aliphatic heterocycles. The monoisotopic (exact) mass is 1630 g/mol. The molecule has 3 saturated heterocycles. The van der Waals surface area contributed by atoms with E-state index in [4.69, 9.17) is 68.8 Å². The second kappa shape index (κ2) is 39.8. The van der Waals surface area contributed by atoms with Crippen LogP contribution in [-0.2, 0) is 72.1 Å². The smallest absolute Gasteiger partial charge is 0.433 e. The first-order valence-corrected chi connectivity index (χ1v) is 41.5. The summed E-state index contributed by atoms with van der Waals surface area (Å²) in [6.07, 6.45) is -3.01. The van der Waals surface area contributed by atoms with Gasteiger partial charge in [0.25, 0.3) is 5.91 Å². The molecule has 9 rings (SSSR count). The maximum Gasteiger partial charge on any atom is 0.433 e. The predicted molar refractivity (Wildman–Crippen MR) is 399 cm³/mol. The average molecular weight is 1630 g/mol. The Hall–Kier alpha value is -5.73. The zero-order chi connectivity index (χ0) is 79.7. The lowest BCUT2D eigenvalue weighted by atomic mass is 9.93. The third kappa shape index (κ3) is 24.1. The molecular weight excluding hydrogens is 1540 g/mol. The number of amides is 1. The minimum atomic E-state index is -4.65. The number of likely N-dealkylation sites (tertiary alicyclic amines) is 1. The van der Waals surface area contributed by atoms with Gasteiger partial charge in [0.05, 0.1) is 85.4 Å². The Labute approximate surface area is 634 Å². The molecule has 7 heterocycles. The number of rotatable bonds is 21. The van der Waals surface area contributed by atoms with Crippen LogP contribution in [0.5, 0.6) is 0 Å². The number of aromatic carboxylic acids is 1. The number of halogens is 10. The molecule has 22 nitrogen and oxygen atoms in total. The Morgan fingerprint density at radius 3 is 1.27 bits per heavy atom. The highest BCUT2D eigenvalue weighted by Crippen LogP contribution is 2.82. The summed E-state index contributed by atoms with van der Waals surface area (Å²) >= 11 is 25.0. The fourth-order valence-corrected chi connectivity index (χ4v) is 22.8. The van der Waals surface area contributed by atoms with Crippen molar-refractivity contribution >= 4 is 127 Å². The Balaban J connectivity index is 0.000000261. The van der Waals surface area contributed by atoms with Crippen LogP contribution in [0.15, 0.2) is 48.5 Å². The number of alkyl halides is 6. The molecular formula is C71H94Cl4F6N7O15P3. The molecule has 0 radical (unpaired) electrons. The molecule has 0 spiro atoms. The number of nitrogens with zero attached hydrogens (tertiary/aromatic N) is 6. The number of hydrogen-bond acceptors (Lipinski definition) is 18. The maximum atomic E-state index is 13.6. The van der Waals surface area contributed by atoms with Crippen molar-refractivity contribution in [1.29, 1.82) is 0 Å². The molecule has 0 unspecified atom stereocenters. The van der Waals surface area contributed by atoms with E-state index in [1.165, 1.54) is 67.4 Å². The molecule has 35 heteroatoms. The first-order valence-electron chi connectivity index (χ1n) is 34.8. The number of carbonyl (C=O) groups is 6. The van der Waals surface area contributed by atoms with E-state index in [9.17, 15) is 73.9 Å². The number of piperidine rings is 2. The molecule has 2 N–H and O–H groups in total. The lowest BCUT2D eigenvalue weighted by molar-refractivity contribution is -0.145. The first kappa shape index (κ1) is 90.9. The highest BCUT2D eigenvalue weighted by molar-refractivity contribution is 7.80. The third-order valence-electron chi connectivity index (χ3n) is 17.4. The SMILES string of the molecule is CCCP1(=O)OP(=O)(CCC)OP(=O)(CCC)O1.CCN(C(C)C)C(C)C.CCOC(=O)CC1CCN(C(=O)c2ccc(Cl)c(C(=O)c3cc4c(C)cc(C(F)(F)F)nc4n3C)c2Cl)CC1.CCOC(=O)CC1CCNCC1.Cc1cc(C(F)(F)F)nc2c1cc(C(=O)c1c(Cl)ccc(C(=O)O)c1Cl)n2C. The molecule has 0 saturated carbocycles. The molecule has 0 aliphatic carbocycles. The van der Waals surface area contributed by atoms with E-state index in [1.807, 2.05) is 6.92 Å². The lowest BCUT2D eigenvalue weighted by Crippen LogP contribution is -2.39. The van der Waals surface area contributed by atoms with Gasteiger partial charge in [-0.25, -0.2) is 27.7 Å². The van der Waals surface area contributed by atoms with Crippen LogP contribution in [0.25, 0.3) is 22.1 Å². The molecule has 4 aromatic heterocycles. The van der Waals surface area contributed by atoms with Crippen molar-refractivity contribution in [2.24, 2.45) is 25.9 Å². The van der Waals surface area contributed by atoms with Crippen LogP contribution < -0.4 is 5.32 Å². The third-order valence-corrected chi connectivity index (χ3v) is 27.7. The largest absolute Gasteiger partial charge is 0.478 e. The number of carbonyl (C=O) groups excluding carboxylic acids is 5. The van der Waals surface area contributed by atoms with Gasteiger partial charge in [0.2, 0.25) is 11.6 Å². The van der Waals surface area contributed by atoms with Crippen molar-refractivity contribution < 1.29 is 96.3 Å². The normalized spacial score (nSPS) is 18.6. The second-order valence-electron chi connectivity index (χ2n) is 26.0. The van der Waals surface area contributed by atoms with E-state index in [0.29, 0.717) is 106 Å². The fourth-order valence-electron chi connectivity index (χ4n) is 12.2. The highest BCUT2D eigenvalue weighted by atomic mass is 35.5. The number of hydrogen-bond donors (Lipinski definition) is 2. The Bertz CT molecular complexity index is 4190. The van der Waals surface area contributed by atoms with Gasteiger partial charge in [-0.3, -0.25) is 42.6 Å². The number of nitrogens with one attached hydrogen (secondary N) is 1. The van der Waals surface area contributed by atoms with Gasteiger partial charge in [-0.2, -0.15) is 26.3 Å². The van der Waals surface area contributed by atoms with Crippen molar-refractivity contribution in [1.82, 2.24) is 34.2 Å². The number of esters is 2. The van der Waals surface area contributed by atoms with Crippen molar-refractivity contribution in [3.05, 3.63) is 125 Å². The topological polar surface area (TPSA) is 274 Å². The Morgan fingerprint density at radius 1 is 0.594 bits per heavy atom. The van der Waals surface area contributed by atoms with Crippen LogP contribution in [0.4, 0.5) is 26.3 Å². The maximum absolute atomic E-state index is 13.6. The molecule has 0 atom stereocenters. The van der Waals surface area contributed by atoms with Crippen LogP contribution >= 0.6 is 69.2 Å². The summed E-state index contributed by atoms with van der Waals surface area (Å²) in [5, 5.41) is 12.6. The highest BCUT2D eigenvalue weighted by Gasteiger charge is 2.51.